The van der Waals surface area contributed by atoms with E-state index in [1.165, 1.54) is 5.56 Å². The fourth-order valence-electron chi connectivity index (χ4n) is 3.21. The summed E-state index contributed by atoms with van der Waals surface area (Å²) in [7, 11) is 3.79. The number of hydrogen-bond acceptors (Lipinski definition) is 5. The summed E-state index contributed by atoms with van der Waals surface area (Å²) in [4.78, 5) is 10.9. The van der Waals surface area contributed by atoms with Crippen molar-refractivity contribution in [2.24, 2.45) is 4.99 Å². The Kier molecular flexibility index (Phi) is 5.89. The Morgan fingerprint density at radius 2 is 2.26 bits per heavy atom. The predicted octanol–water partition coefficient (Wildman–Crippen LogP) is 3.25. The topological polar surface area (TPSA) is 59.0 Å². The molecule has 0 unspecified atom stereocenters. The third-order valence-electron chi connectivity index (χ3n) is 4.34. The minimum absolute atomic E-state index is 0.168. The lowest BCUT2D eigenvalue weighted by atomic mass is 10.0. The Labute approximate surface area is 165 Å². The summed E-state index contributed by atoms with van der Waals surface area (Å²) in [6.45, 7) is 8.12. The second-order valence-electron chi connectivity index (χ2n) is 7.32. The van der Waals surface area contributed by atoms with Crippen molar-refractivity contribution in [2.45, 2.75) is 39.3 Å². The summed E-state index contributed by atoms with van der Waals surface area (Å²) in [6.07, 6.45) is 0.908. The van der Waals surface area contributed by atoms with Gasteiger partial charge in [-0.3, -0.25) is 4.99 Å². The SMILES string of the molecule is CN=C(NCCOc1cccc2c1OC(C)(C)C2)N(C)Cc1csc(C)n1. The van der Waals surface area contributed by atoms with Gasteiger partial charge in [-0.05, 0) is 26.8 Å². The molecule has 1 N–H and O–H groups in total. The molecule has 6 nitrogen and oxygen atoms in total. The van der Waals surface area contributed by atoms with Crippen LogP contribution in [0.2, 0.25) is 0 Å². The summed E-state index contributed by atoms with van der Waals surface area (Å²) in [5.41, 5.74) is 2.09. The fraction of sp³-hybridized carbons (Fsp3) is 0.500. The monoisotopic (exact) mass is 388 g/mol. The van der Waals surface area contributed by atoms with Crippen LogP contribution >= 0.6 is 11.3 Å². The maximum absolute atomic E-state index is 6.05. The maximum atomic E-state index is 6.05. The number of rotatable bonds is 6. The van der Waals surface area contributed by atoms with Crippen LogP contribution in [-0.2, 0) is 13.0 Å². The highest BCUT2D eigenvalue weighted by Gasteiger charge is 2.32. The molecule has 0 radical (unpaired) electrons. The molecule has 0 saturated carbocycles. The molecule has 3 rings (SSSR count). The minimum atomic E-state index is -0.168. The first-order valence-corrected chi connectivity index (χ1v) is 10.0. The summed E-state index contributed by atoms with van der Waals surface area (Å²) in [5.74, 6) is 2.50. The number of aliphatic imine (C=N–C) groups is 1. The lowest BCUT2D eigenvalue weighted by Gasteiger charge is -2.21. The molecule has 27 heavy (non-hydrogen) atoms. The van der Waals surface area contributed by atoms with Crippen LogP contribution in [0.4, 0.5) is 0 Å². The number of benzene rings is 1. The zero-order valence-corrected chi connectivity index (χ0v) is 17.5. The van der Waals surface area contributed by atoms with E-state index >= 15 is 0 Å². The van der Waals surface area contributed by atoms with Gasteiger partial charge in [-0.1, -0.05) is 12.1 Å². The highest BCUT2D eigenvalue weighted by atomic mass is 32.1. The third kappa shape index (κ3) is 4.91. The number of fused-ring (bicyclic) bond motifs is 1. The van der Waals surface area contributed by atoms with Gasteiger partial charge in [-0.25, -0.2) is 4.98 Å². The lowest BCUT2D eigenvalue weighted by molar-refractivity contribution is 0.132. The van der Waals surface area contributed by atoms with Crippen molar-refractivity contribution in [2.75, 3.05) is 27.2 Å². The predicted molar refractivity (Wildman–Crippen MR) is 110 cm³/mol. The Morgan fingerprint density at radius 1 is 1.44 bits per heavy atom. The zero-order chi connectivity index (χ0) is 19.4. The van der Waals surface area contributed by atoms with Crippen LogP contribution < -0.4 is 14.8 Å². The molecule has 2 heterocycles. The van der Waals surface area contributed by atoms with E-state index in [-0.39, 0.29) is 5.60 Å². The van der Waals surface area contributed by atoms with Crippen molar-refractivity contribution >= 4 is 17.3 Å². The normalized spacial score (nSPS) is 15.2. The van der Waals surface area contributed by atoms with Gasteiger partial charge in [0.25, 0.3) is 0 Å². The van der Waals surface area contributed by atoms with Gasteiger partial charge in [0.2, 0.25) is 0 Å². The smallest absolute Gasteiger partial charge is 0.193 e. The quantitative estimate of drug-likeness (QED) is 0.468. The number of para-hydroxylation sites is 1. The number of thiazole rings is 1. The van der Waals surface area contributed by atoms with Crippen LogP contribution in [0, 0.1) is 6.92 Å². The fourth-order valence-corrected chi connectivity index (χ4v) is 3.81. The van der Waals surface area contributed by atoms with E-state index in [0.29, 0.717) is 13.2 Å². The Balaban J connectivity index is 1.49. The number of guanidine groups is 1. The lowest BCUT2D eigenvalue weighted by Crippen LogP contribution is -2.40. The van der Waals surface area contributed by atoms with E-state index in [0.717, 1.165) is 41.1 Å². The first-order valence-electron chi connectivity index (χ1n) is 9.14. The summed E-state index contributed by atoms with van der Waals surface area (Å²) in [6, 6.07) is 6.09. The van der Waals surface area contributed by atoms with Crippen LogP contribution in [0.1, 0.15) is 30.1 Å². The molecule has 0 amide bonds. The molecular weight excluding hydrogens is 360 g/mol. The standard InChI is InChI=1S/C20H28N4O2S/c1-14-23-16(13-27-14)12-24(5)19(21-4)22-9-10-25-17-8-6-7-15-11-20(2,3)26-18(15)17/h6-8,13H,9-12H2,1-5H3,(H,21,22). The van der Waals surface area contributed by atoms with Crippen molar-refractivity contribution in [1.29, 1.82) is 0 Å². The van der Waals surface area contributed by atoms with Crippen molar-refractivity contribution in [3.05, 3.63) is 39.8 Å². The van der Waals surface area contributed by atoms with Crippen LogP contribution in [0.25, 0.3) is 0 Å². The molecule has 7 heteroatoms. The molecule has 0 fully saturated rings. The summed E-state index contributed by atoms with van der Waals surface area (Å²) in [5, 5.41) is 6.50. The number of nitrogens with one attached hydrogen (secondary N) is 1. The van der Waals surface area contributed by atoms with Gasteiger partial charge in [0.1, 0.15) is 12.2 Å². The molecular formula is C20H28N4O2S. The van der Waals surface area contributed by atoms with Crippen molar-refractivity contribution in [3.63, 3.8) is 0 Å². The van der Waals surface area contributed by atoms with E-state index < -0.39 is 0 Å². The Hall–Kier alpha value is -2.28. The highest BCUT2D eigenvalue weighted by Crippen LogP contribution is 2.41. The third-order valence-corrected chi connectivity index (χ3v) is 5.16. The van der Waals surface area contributed by atoms with Crippen molar-refractivity contribution < 1.29 is 9.47 Å². The highest BCUT2D eigenvalue weighted by molar-refractivity contribution is 7.09. The number of aryl methyl sites for hydroxylation is 1. The van der Waals surface area contributed by atoms with Crippen LogP contribution in [0.3, 0.4) is 0 Å². The molecule has 146 valence electrons. The first kappa shape index (κ1) is 19.5. The number of hydrogen-bond donors (Lipinski definition) is 1. The molecule has 2 aromatic rings. The van der Waals surface area contributed by atoms with Crippen LogP contribution in [0.15, 0.2) is 28.6 Å². The van der Waals surface area contributed by atoms with Crippen LogP contribution in [-0.4, -0.2) is 48.7 Å². The Morgan fingerprint density at radius 3 is 2.96 bits per heavy atom. The molecule has 1 aromatic carbocycles. The number of aromatic nitrogens is 1. The van der Waals surface area contributed by atoms with Gasteiger partial charge in [0, 0.05) is 31.5 Å². The van der Waals surface area contributed by atoms with Gasteiger partial charge in [0.15, 0.2) is 17.5 Å². The first-order chi connectivity index (χ1) is 12.9. The van der Waals surface area contributed by atoms with E-state index in [4.69, 9.17) is 9.47 Å². The summed E-state index contributed by atoms with van der Waals surface area (Å²) >= 11 is 1.66. The van der Waals surface area contributed by atoms with Gasteiger partial charge in [0.05, 0.1) is 23.8 Å². The largest absolute Gasteiger partial charge is 0.488 e. The molecule has 0 saturated heterocycles. The van der Waals surface area contributed by atoms with Gasteiger partial charge < -0.3 is 19.7 Å². The number of ether oxygens (including phenoxy) is 2. The second-order valence-corrected chi connectivity index (χ2v) is 8.38. The molecule has 1 aliphatic rings. The molecule has 0 aliphatic carbocycles. The average Bonchev–Trinajstić information content (AvgIpc) is 3.16. The van der Waals surface area contributed by atoms with E-state index in [9.17, 15) is 0 Å². The van der Waals surface area contributed by atoms with Gasteiger partial charge in [-0.15, -0.1) is 11.3 Å². The average molecular weight is 389 g/mol. The van der Waals surface area contributed by atoms with Crippen LogP contribution in [0.5, 0.6) is 11.5 Å². The second kappa shape index (κ2) is 8.17. The minimum Gasteiger partial charge on any atom is -0.488 e. The van der Waals surface area contributed by atoms with E-state index in [1.807, 2.05) is 26.1 Å². The summed E-state index contributed by atoms with van der Waals surface area (Å²) < 4.78 is 12.0. The Bertz CT molecular complexity index is 816. The molecule has 1 aromatic heterocycles. The molecule has 0 bridgehead atoms. The van der Waals surface area contributed by atoms with E-state index in [2.05, 4.69) is 45.5 Å². The van der Waals surface area contributed by atoms with Crippen molar-refractivity contribution in [3.8, 4) is 11.5 Å². The maximum Gasteiger partial charge on any atom is 0.193 e. The van der Waals surface area contributed by atoms with Gasteiger partial charge in [-0.2, -0.15) is 0 Å². The molecule has 0 spiro atoms. The van der Waals surface area contributed by atoms with Gasteiger partial charge >= 0.3 is 0 Å². The number of nitrogens with zero attached hydrogens (tertiary/aromatic N) is 3. The zero-order valence-electron chi connectivity index (χ0n) is 16.7. The van der Waals surface area contributed by atoms with E-state index in [1.54, 1.807) is 18.4 Å². The molecule has 0 atom stereocenters. The molecule has 1 aliphatic heterocycles. The van der Waals surface area contributed by atoms with Crippen molar-refractivity contribution in [1.82, 2.24) is 15.2 Å².